The van der Waals surface area contributed by atoms with Crippen molar-refractivity contribution >= 4 is 17.5 Å². The third kappa shape index (κ3) is 4.46. The predicted octanol–water partition coefficient (Wildman–Crippen LogP) is 2.50. The molecule has 1 heterocycles. The van der Waals surface area contributed by atoms with Crippen LogP contribution in [0.15, 0.2) is 24.3 Å². The molecule has 2 unspecified atom stereocenters. The Morgan fingerprint density at radius 3 is 2.48 bits per heavy atom. The van der Waals surface area contributed by atoms with E-state index in [0.717, 1.165) is 63.4 Å². The summed E-state index contributed by atoms with van der Waals surface area (Å²) < 4.78 is 0. The molecule has 1 aromatic rings. The van der Waals surface area contributed by atoms with Gasteiger partial charge in [-0.25, -0.2) is 0 Å². The lowest BCUT2D eigenvalue weighted by molar-refractivity contribution is -0.138. The fourth-order valence-corrected chi connectivity index (χ4v) is 3.81. The normalized spacial score (nSPS) is 26.3. The molecule has 1 saturated carbocycles. The smallest absolute Gasteiger partial charge is 0.225 e. The maximum Gasteiger partial charge on any atom is 0.225 e. The lowest BCUT2D eigenvalue weighted by Gasteiger charge is -2.37. The number of carbonyl (C=O) groups is 1. The van der Waals surface area contributed by atoms with Gasteiger partial charge in [-0.15, -0.1) is 0 Å². The first-order valence-electron chi connectivity index (χ1n) is 8.63. The summed E-state index contributed by atoms with van der Waals surface area (Å²) in [5.41, 5.74) is 7.29. The average Bonchev–Trinajstić information content (AvgIpc) is 2.57. The summed E-state index contributed by atoms with van der Waals surface area (Å²) in [5, 5.41) is 0.773. The summed E-state index contributed by atoms with van der Waals surface area (Å²) in [4.78, 5) is 17.1. The molecule has 2 aliphatic rings. The molecule has 3 rings (SSSR count). The second-order valence-corrected chi connectivity index (χ2v) is 7.29. The fourth-order valence-electron chi connectivity index (χ4n) is 3.68. The number of hydrogen-bond donors (Lipinski definition) is 1. The van der Waals surface area contributed by atoms with E-state index in [1.807, 2.05) is 17.0 Å². The van der Waals surface area contributed by atoms with E-state index in [4.69, 9.17) is 17.3 Å². The zero-order chi connectivity index (χ0) is 16.2. The van der Waals surface area contributed by atoms with Gasteiger partial charge in [0.1, 0.15) is 0 Å². The quantitative estimate of drug-likeness (QED) is 0.923. The molecule has 0 aromatic heterocycles. The minimum atomic E-state index is 0.154. The van der Waals surface area contributed by atoms with Crippen molar-refractivity contribution in [3.8, 4) is 0 Å². The first kappa shape index (κ1) is 16.7. The third-order valence-corrected chi connectivity index (χ3v) is 5.32. The number of hydrogen-bond acceptors (Lipinski definition) is 3. The summed E-state index contributed by atoms with van der Waals surface area (Å²) in [6.07, 6.45) is 4.04. The van der Waals surface area contributed by atoms with E-state index in [1.54, 1.807) is 0 Å². The predicted molar refractivity (Wildman–Crippen MR) is 93.2 cm³/mol. The SMILES string of the molecule is NC1CCCC(C(=O)N2CCN(Cc3ccc(Cl)cc3)CC2)C1. The highest BCUT2D eigenvalue weighted by Gasteiger charge is 2.30. The molecule has 23 heavy (non-hydrogen) atoms. The lowest BCUT2D eigenvalue weighted by atomic mass is 9.85. The van der Waals surface area contributed by atoms with Crippen LogP contribution in [0.1, 0.15) is 31.2 Å². The lowest BCUT2D eigenvalue weighted by Crippen LogP contribution is -2.50. The molecule has 0 spiro atoms. The highest BCUT2D eigenvalue weighted by Crippen LogP contribution is 2.25. The van der Waals surface area contributed by atoms with Crippen LogP contribution in [0.25, 0.3) is 0 Å². The Kier molecular flexibility index (Phi) is 5.57. The minimum Gasteiger partial charge on any atom is -0.340 e. The molecular formula is C18H26ClN3O. The molecule has 1 aromatic carbocycles. The molecular weight excluding hydrogens is 310 g/mol. The number of amides is 1. The molecule has 2 N–H and O–H groups in total. The summed E-state index contributed by atoms with van der Waals surface area (Å²) in [7, 11) is 0. The van der Waals surface area contributed by atoms with Crippen LogP contribution in [0.3, 0.4) is 0 Å². The van der Waals surface area contributed by atoms with E-state index in [0.29, 0.717) is 5.91 Å². The fraction of sp³-hybridized carbons (Fsp3) is 0.611. The van der Waals surface area contributed by atoms with Crippen LogP contribution in [-0.2, 0) is 11.3 Å². The molecule has 5 heteroatoms. The Morgan fingerprint density at radius 2 is 1.83 bits per heavy atom. The van der Waals surface area contributed by atoms with Crippen molar-refractivity contribution in [2.75, 3.05) is 26.2 Å². The number of carbonyl (C=O) groups excluding carboxylic acids is 1. The van der Waals surface area contributed by atoms with E-state index in [9.17, 15) is 4.79 Å². The molecule has 2 atom stereocenters. The second-order valence-electron chi connectivity index (χ2n) is 6.85. The van der Waals surface area contributed by atoms with Gasteiger partial charge in [0, 0.05) is 49.7 Å². The molecule has 1 saturated heterocycles. The first-order chi connectivity index (χ1) is 11.1. The molecule has 1 aliphatic carbocycles. The van der Waals surface area contributed by atoms with Crippen molar-refractivity contribution in [1.82, 2.24) is 9.80 Å². The van der Waals surface area contributed by atoms with Crippen molar-refractivity contribution in [2.24, 2.45) is 11.7 Å². The van der Waals surface area contributed by atoms with Crippen molar-refractivity contribution < 1.29 is 4.79 Å². The maximum atomic E-state index is 12.6. The van der Waals surface area contributed by atoms with Crippen LogP contribution >= 0.6 is 11.6 Å². The van der Waals surface area contributed by atoms with Crippen molar-refractivity contribution in [1.29, 1.82) is 0 Å². The Balaban J connectivity index is 1.48. The van der Waals surface area contributed by atoms with Gasteiger partial charge < -0.3 is 10.6 Å². The second kappa shape index (κ2) is 7.65. The van der Waals surface area contributed by atoms with Gasteiger partial charge in [-0.05, 0) is 37.0 Å². The van der Waals surface area contributed by atoms with Gasteiger partial charge in [0.15, 0.2) is 0 Å². The third-order valence-electron chi connectivity index (χ3n) is 5.07. The van der Waals surface area contributed by atoms with Gasteiger partial charge in [0.05, 0.1) is 0 Å². The van der Waals surface area contributed by atoms with Gasteiger partial charge in [-0.2, -0.15) is 0 Å². The topological polar surface area (TPSA) is 49.6 Å². The number of halogens is 1. The number of piperazine rings is 1. The standard InChI is InChI=1S/C18H26ClN3O/c19-16-6-4-14(5-7-16)13-21-8-10-22(11-9-21)18(23)15-2-1-3-17(20)12-15/h4-7,15,17H,1-3,8-13,20H2. The minimum absolute atomic E-state index is 0.154. The highest BCUT2D eigenvalue weighted by molar-refractivity contribution is 6.30. The molecule has 0 bridgehead atoms. The van der Waals surface area contributed by atoms with Crippen LogP contribution in [-0.4, -0.2) is 47.9 Å². The van der Waals surface area contributed by atoms with E-state index < -0.39 is 0 Å². The highest BCUT2D eigenvalue weighted by atomic mass is 35.5. The van der Waals surface area contributed by atoms with Crippen LogP contribution < -0.4 is 5.73 Å². The van der Waals surface area contributed by atoms with E-state index in [1.165, 1.54) is 5.56 Å². The molecule has 1 aliphatic heterocycles. The zero-order valence-electron chi connectivity index (χ0n) is 13.6. The molecule has 0 radical (unpaired) electrons. The maximum absolute atomic E-state index is 12.6. The Labute approximate surface area is 143 Å². The summed E-state index contributed by atoms with van der Waals surface area (Å²) in [5.74, 6) is 0.479. The van der Waals surface area contributed by atoms with Gasteiger partial charge in [-0.3, -0.25) is 9.69 Å². The zero-order valence-corrected chi connectivity index (χ0v) is 14.3. The number of nitrogens with zero attached hydrogens (tertiary/aromatic N) is 2. The van der Waals surface area contributed by atoms with Gasteiger partial charge in [0.25, 0.3) is 0 Å². The monoisotopic (exact) mass is 335 g/mol. The Hall–Kier alpha value is -1.10. The first-order valence-corrected chi connectivity index (χ1v) is 9.01. The van der Waals surface area contributed by atoms with Crippen LogP contribution in [0, 0.1) is 5.92 Å². The van der Waals surface area contributed by atoms with E-state index in [2.05, 4.69) is 17.0 Å². The van der Waals surface area contributed by atoms with Crippen molar-refractivity contribution in [2.45, 2.75) is 38.3 Å². The largest absolute Gasteiger partial charge is 0.340 e. The molecule has 2 fully saturated rings. The Morgan fingerprint density at radius 1 is 1.13 bits per heavy atom. The van der Waals surface area contributed by atoms with Crippen LogP contribution in [0.2, 0.25) is 5.02 Å². The van der Waals surface area contributed by atoms with E-state index >= 15 is 0 Å². The summed E-state index contributed by atoms with van der Waals surface area (Å²) in [6.45, 7) is 4.46. The molecule has 1 amide bonds. The van der Waals surface area contributed by atoms with Gasteiger partial charge >= 0.3 is 0 Å². The summed E-state index contributed by atoms with van der Waals surface area (Å²) in [6, 6.07) is 8.22. The van der Waals surface area contributed by atoms with E-state index in [-0.39, 0.29) is 12.0 Å². The van der Waals surface area contributed by atoms with Crippen molar-refractivity contribution in [3.05, 3.63) is 34.9 Å². The number of benzene rings is 1. The molecule has 4 nitrogen and oxygen atoms in total. The van der Waals surface area contributed by atoms with Gasteiger partial charge in [0.2, 0.25) is 5.91 Å². The van der Waals surface area contributed by atoms with Crippen LogP contribution in [0.5, 0.6) is 0 Å². The van der Waals surface area contributed by atoms with Crippen LogP contribution in [0.4, 0.5) is 0 Å². The number of nitrogens with two attached hydrogens (primary N) is 1. The van der Waals surface area contributed by atoms with Crippen molar-refractivity contribution in [3.63, 3.8) is 0 Å². The van der Waals surface area contributed by atoms with Gasteiger partial charge in [-0.1, -0.05) is 30.2 Å². The number of rotatable bonds is 3. The summed E-state index contributed by atoms with van der Waals surface area (Å²) >= 11 is 5.93. The average molecular weight is 336 g/mol. The molecule has 126 valence electrons. The Bertz CT molecular complexity index is 526.